The van der Waals surface area contributed by atoms with Crippen LogP contribution >= 0.6 is 0 Å². The molecule has 1 unspecified atom stereocenters. The van der Waals surface area contributed by atoms with Crippen LogP contribution in [0.3, 0.4) is 0 Å². The number of phenols is 1. The highest BCUT2D eigenvalue weighted by Crippen LogP contribution is 2.29. The van der Waals surface area contributed by atoms with Gasteiger partial charge in [0.1, 0.15) is 0 Å². The molecule has 2 aromatic rings. The van der Waals surface area contributed by atoms with Gasteiger partial charge in [0.15, 0.2) is 29.0 Å². The number of nitrogens with zero attached hydrogens (tertiary/aromatic N) is 1. The third kappa shape index (κ3) is 5.52. The second-order valence-corrected chi connectivity index (χ2v) is 6.24. The maximum atomic E-state index is 14.0. The summed E-state index contributed by atoms with van der Waals surface area (Å²) in [4.78, 5) is 4.55. The molecule has 152 valence electrons. The second kappa shape index (κ2) is 10.4. The van der Waals surface area contributed by atoms with E-state index < -0.39 is 5.82 Å². The lowest BCUT2D eigenvalue weighted by molar-refractivity contribution is 0.370. The molecular formula is C21H28FN3O3. The van der Waals surface area contributed by atoms with E-state index in [4.69, 9.17) is 9.47 Å². The molecule has 3 N–H and O–H groups in total. The van der Waals surface area contributed by atoms with Crippen molar-refractivity contribution in [2.45, 2.75) is 26.3 Å². The molecule has 2 aromatic carbocycles. The molecule has 0 aliphatic rings. The van der Waals surface area contributed by atoms with Crippen molar-refractivity contribution >= 4 is 5.96 Å². The summed E-state index contributed by atoms with van der Waals surface area (Å²) in [5.74, 6) is 1.02. The zero-order valence-electron chi connectivity index (χ0n) is 16.8. The molecule has 7 heteroatoms. The van der Waals surface area contributed by atoms with Gasteiger partial charge in [-0.1, -0.05) is 18.2 Å². The summed E-state index contributed by atoms with van der Waals surface area (Å²) in [6.45, 7) is 5.07. The SMILES string of the molecule is CCNC(=NCCc1cccc(OC)c1O)NC(C)c1ccc(OC)c(F)c1. The lowest BCUT2D eigenvalue weighted by Crippen LogP contribution is -2.38. The Hall–Kier alpha value is -2.96. The van der Waals surface area contributed by atoms with E-state index in [1.165, 1.54) is 20.3 Å². The molecule has 0 spiro atoms. The number of guanidine groups is 1. The standard InChI is InChI=1S/C21H28FN3O3/c1-5-23-21(24-12-11-15-7-6-8-19(28-4)20(15)26)25-14(2)16-9-10-18(27-3)17(22)13-16/h6-10,13-14,26H,5,11-12H2,1-4H3,(H2,23,24,25). The number of benzene rings is 2. The van der Waals surface area contributed by atoms with Gasteiger partial charge in [0.05, 0.1) is 20.3 Å². The fourth-order valence-corrected chi connectivity index (χ4v) is 2.78. The Morgan fingerprint density at radius 2 is 1.93 bits per heavy atom. The lowest BCUT2D eigenvalue weighted by Gasteiger charge is -2.19. The molecule has 0 radical (unpaired) electrons. The Morgan fingerprint density at radius 3 is 2.57 bits per heavy atom. The summed E-state index contributed by atoms with van der Waals surface area (Å²) < 4.78 is 24.0. The fourth-order valence-electron chi connectivity index (χ4n) is 2.78. The zero-order chi connectivity index (χ0) is 20.5. The normalized spacial score (nSPS) is 12.4. The number of methoxy groups -OCH3 is 2. The smallest absolute Gasteiger partial charge is 0.191 e. The van der Waals surface area contributed by atoms with Crippen molar-refractivity contribution in [3.63, 3.8) is 0 Å². The van der Waals surface area contributed by atoms with Crippen molar-refractivity contribution in [2.75, 3.05) is 27.3 Å². The minimum atomic E-state index is -0.399. The monoisotopic (exact) mass is 389 g/mol. The molecule has 0 amide bonds. The fraction of sp³-hybridized carbons (Fsp3) is 0.381. The first-order valence-corrected chi connectivity index (χ1v) is 9.23. The van der Waals surface area contributed by atoms with Crippen LogP contribution in [0.25, 0.3) is 0 Å². The van der Waals surface area contributed by atoms with Gasteiger partial charge in [0, 0.05) is 13.1 Å². The molecule has 0 aliphatic heterocycles. The van der Waals surface area contributed by atoms with Gasteiger partial charge in [-0.2, -0.15) is 0 Å². The molecule has 0 saturated heterocycles. The number of phenolic OH excluding ortho intramolecular Hbond substituents is 1. The first-order valence-electron chi connectivity index (χ1n) is 9.23. The van der Waals surface area contributed by atoms with Gasteiger partial charge < -0.3 is 25.2 Å². The number of rotatable bonds is 8. The molecule has 6 nitrogen and oxygen atoms in total. The molecule has 0 heterocycles. The number of aliphatic imine (C=N–C) groups is 1. The third-order valence-corrected chi connectivity index (χ3v) is 4.33. The van der Waals surface area contributed by atoms with Crippen LogP contribution in [0, 0.1) is 5.82 Å². The third-order valence-electron chi connectivity index (χ3n) is 4.33. The molecule has 1 atom stereocenters. The molecule has 0 saturated carbocycles. The Morgan fingerprint density at radius 1 is 1.18 bits per heavy atom. The number of para-hydroxylation sites is 1. The highest BCUT2D eigenvalue weighted by atomic mass is 19.1. The summed E-state index contributed by atoms with van der Waals surface area (Å²) in [5, 5.41) is 16.6. The van der Waals surface area contributed by atoms with Crippen LogP contribution in [0.1, 0.15) is 31.0 Å². The molecular weight excluding hydrogens is 361 g/mol. The zero-order valence-corrected chi connectivity index (χ0v) is 16.8. The van der Waals surface area contributed by atoms with E-state index in [0.717, 1.165) is 11.1 Å². The number of halogens is 1. The summed E-state index contributed by atoms with van der Waals surface area (Å²) in [6.07, 6.45) is 0.561. The highest BCUT2D eigenvalue weighted by molar-refractivity contribution is 5.80. The van der Waals surface area contributed by atoms with E-state index in [9.17, 15) is 9.50 Å². The lowest BCUT2D eigenvalue weighted by atomic mass is 10.1. The van der Waals surface area contributed by atoms with Crippen LogP contribution in [-0.4, -0.2) is 38.4 Å². The largest absolute Gasteiger partial charge is 0.504 e. The Balaban J connectivity index is 2.05. The van der Waals surface area contributed by atoms with Crippen LogP contribution in [-0.2, 0) is 6.42 Å². The van der Waals surface area contributed by atoms with Crippen LogP contribution in [0.5, 0.6) is 17.2 Å². The van der Waals surface area contributed by atoms with Crippen LogP contribution in [0.15, 0.2) is 41.4 Å². The molecule has 0 aromatic heterocycles. The quantitative estimate of drug-likeness (QED) is 0.477. The predicted molar refractivity (Wildman–Crippen MR) is 109 cm³/mol. The molecule has 0 fully saturated rings. The van der Waals surface area contributed by atoms with E-state index in [2.05, 4.69) is 15.6 Å². The summed E-state index contributed by atoms with van der Waals surface area (Å²) in [5.41, 5.74) is 1.55. The van der Waals surface area contributed by atoms with Crippen molar-refractivity contribution in [3.8, 4) is 17.2 Å². The maximum Gasteiger partial charge on any atom is 0.191 e. The maximum absolute atomic E-state index is 14.0. The van der Waals surface area contributed by atoms with Gasteiger partial charge in [-0.15, -0.1) is 0 Å². The van der Waals surface area contributed by atoms with E-state index in [0.29, 0.717) is 31.2 Å². The van der Waals surface area contributed by atoms with Crippen molar-refractivity contribution in [2.24, 2.45) is 4.99 Å². The highest BCUT2D eigenvalue weighted by Gasteiger charge is 2.12. The Bertz CT molecular complexity index is 811. The second-order valence-electron chi connectivity index (χ2n) is 6.24. The van der Waals surface area contributed by atoms with E-state index in [1.54, 1.807) is 12.1 Å². The van der Waals surface area contributed by atoms with Crippen molar-refractivity contribution in [1.29, 1.82) is 0 Å². The van der Waals surface area contributed by atoms with Crippen LogP contribution in [0.2, 0.25) is 0 Å². The van der Waals surface area contributed by atoms with Gasteiger partial charge >= 0.3 is 0 Å². The number of hydrogen-bond donors (Lipinski definition) is 3. The predicted octanol–water partition coefficient (Wildman–Crippen LogP) is 3.41. The van der Waals surface area contributed by atoms with E-state index >= 15 is 0 Å². The number of hydrogen-bond acceptors (Lipinski definition) is 4. The van der Waals surface area contributed by atoms with Crippen molar-refractivity contribution in [1.82, 2.24) is 10.6 Å². The van der Waals surface area contributed by atoms with Crippen molar-refractivity contribution < 1.29 is 19.0 Å². The first-order chi connectivity index (χ1) is 13.5. The van der Waals surface area contributed by atoms with Gasteiger partial charge in [0.2, 0.25) is 0 Å². The van der Waals surface area contributed by atoms with Crippen LogP contribution in [0.4, 0.5) is 4.39 Å². The molecule has 0 bridgehead atoms. The van der Waals surface area contributed by atoms with Crippen LogP contribution < -0.4 is 20.1 Å². The van der Waals surface area contributed by atoms with Gasteiger partial charge in [-0.05, 0) is 49.6 Å². The van der Waals surface area contributed by atoms with E-state index in [-0.39, 0.29) is 17.5 Å². The van der Waals surface area contributed by atoms with E-state index in [1.807, 2.05) is 32.0 Å². The van der Waals surface area contributed by atoms with Crippen molar-refractivity contribution in [3.05, 3.63) is 53.3 Å². The van der Waals surface area contributed by atoms with Gasteiger partial charge in [-0.25, -0.2) is 4.39 Å². The number of nitrogens with one attached hydrogen (secondary N) is 2. The molecule has 0 aliphatic carbocycles. The minimum absolute atomic E-state index is 0.139. The summed E-state index contributed by atoms with van der Waals surface area (Å²) in [7, 11) is 2.96. The Labute approximate surface area is 165 Å². The topological polar surface area (TPSA) is 75.1 Å². The molecule has 2 rings (SSSR count). The number of ether oxygens (including phenoxy) is 2. The minimum Gasteiger partial charge on any atom is -0.504 e. The summed E-state index contributed by atoms with van der Waals surface area (Å²) in [6, 6.07) is 10.1. The Kier molecular flexibility index (Phi) is 7.92. The first kappa shape index (κ1) is 21.3. The average molecular weight is 389 g/mol. The molecule has 28 heavy (non-hydrogen) atoms. The van der Waals surface area contributed by atoms with Gasteiger partial charge in [-0.3, -0.25) is 4.99 Å². The summed E-state index contributed by atoms with van der Waals surface area (Å²) >= 11 is 0. The number of aromatic hydroxyl groups is 1. The van der Waals surface area contributed by atoms with Gasteiger partial charge in [0.25, 0.3) is 0 Å². The average Bonchev–Trinajstić information content (AvgIpc) is 2.69.